The Morgan fingerprint density at radius 3 is 2.31 bits per heavy atom. The van der Waals surface area contributed by atoms with Crippen LogP contribution in [0, 0.1) is 0 Å². The molecule has 0 bridgehead atoms. The Morgan fingerprint density at radius 1 is 0.966 bits per heavy atom. The van der Waals surface area contributed by atoms with Crippen molar-refractivity contribution in [3.05, 3.63) is 76.8 Å². The van der Waals surface area contributed by atoms with Gasteiger partial charge < -0.3 is 4.74 Å². The van der Waals surface area contributed by atoms with Crippen molar-refractivity contribution in [3.63, 3.8) is 0 Å². The molecular weight excluding hydrogens is 429 g/mol. The largest absolute Gasteiger partial charge is 0.497 e. The fourth-order valence-electron chi connectivity index (χ4n) is 2.76. The van der Waals surface area contributed by atoms with Crippen molar-refractivity contribution in [1.29, 1.82) is 0 Å². The molecule has 0 atom stereocenters. The first-order chi connectivity index (χ1) is 14.1. The van der Waals surface area contributed by atoms with Crippen LogP contribution in [-0.2, 0) is 5.75 Å². The maximum absolute atomic E-state index is 6.02. The maximum Gasteiger partial charge on any atom is 0.196 e. The van der Waals surface area contributed by atoms with Crippen LogP contribution in [0.1, 0.15) is 5.56 Å². The topological polar surface area (TPSA) is 65.7 Å². The summed E-state index contributed by atoms with van der Waals surface area (Å²) in [5.74, 6) is 2.13. The van der Waals surface area contributed by atoms with Gasteiger partial charge in [0.25, 0.3) is 0 Å². The van der Waals surface area contributed by atoms with Gasteiger partial charge in [0.15, 0.2) is 11.0 Å². The third-order valence-electron chi connectivity index (χ3n) is 4.09. The number of methoxy groups -OCH3 is 1. The highest BCUT2D eigenvalue weighted by Crippen LogP contribution is 2.31. The van der Waals surface area contributed by atoms with E-state index in [9.17, 15) is 0 Å². The number of hydrogen-bond donors (Lipinski definition) is 0. The first-order valence-electron chi connectivity index (χ1n) is 8.59. The van der Waals surface area contributed by atoms with E-state index >= 15 is 0 Å². The molecule has 9 heteroatoms. The second kappa shape index (κ2) is 8.82. The summed E-state index contributed by atoms with van der Waals surface area (Å²) in [5, 5.41) is 10.3. The lowest BCUT2D eigenvalue weighted by molar-refractivity contribution is 0.414. The normalized spacial score (nSPS) is 10.9. The van der Waals surface area contributed by atoms with Crippen LogP contribution in [0.2, 0.25) is 10.3 Å². The van der Waals surface area contributed by atoms with Gasteiger partial charge in [0.2, 0.25) is 0 Å². The summed E-state index contributed by atoms with van der Waals surface area (Å²) in [4.78, 5) is 8.07. The molecule has 1 aromatic carbocycles. The minimum absolute atomic E-state index is 0.363. The van der Waals surface area contributed by atoms with Crippen molar-refractivity contribution in [2.45, 2.75) is 10.9 Å². The number of rotatable bonds is 6. The van der Waals surface area contributed by atoms with Crippen LogP contribution < -0.4 is 4.74 Å². The SMILES string of the molecule is COc1ccc(-n2c(SCc3cc(Cl)nc(Cl)c3)nnc2-c2ccncc2)cc1. The van der Waals surface area contributed by atoms with E-state index in [2.05, 4.69) is 20.2 Å². The van der Waals surface area contributed by atoms with Crippen LogP contribution in [0.25, 0.3) is 17.1 Å². The Hall–Kier alpha value is -2.61. The maximum atomic E-state index is 6.02. The van der Waals surface area contributed by atoms with Crippen LogP contribution in [0.3, 0.4) is 0 Å². The third-order valence-corrected chi connectivity index (χ3v) is 5.48. The number of thioether (sulfide) groups is 1. The van der Waals surface area contributed by atoms with Gasteiger partial charge in [0.05, 0.1) is 7.11 Å². The van der Waals surface area contributed by atoms with Crippen LogP contribution in [-0.4, -0.2) is 31.8 Å². The van der Waals surface area contributed by atoms with Gasteiger partial charge in [-0.15, -0.1) is 10.2 Å². The molecule has 0 N–H and O–H groups in total. The predicted octanol–water partition coefficient (Wildman–Crippen LogP) is 5.33. The summed E-state index contributed by atoms with van der Waals surface area (Å²) >= 11 is 13.6. The molecule has 3 heterocycles. The van der Waals surface area contributed by atoms with E-state index in [1.807, 2.05) is 41.0 Å². The molecule has 0 amide bonds. The van der Waals surface area contributed by atoms with E-state index in [1.165, 1.54) is 11.8 Å². The Morgan fingerprint density at radius 2 is 1.66 bits per heavy atom. The average Bonchev–Trinajstić information content (AvgIpc) is 3.16. The minimum Gasteiger partial charge on any atom is -0.497 e. The summed E-state index contributed by atoms with van der Waals surface area (Å²) < 4.78 is 7.28. The zero-order valence-corrected chi connectivity index (χ0v) is 17.6. The average molecular weight is 444 g/mol. The summed E-state index contributed by atoms with van der Waals surface area (Å²) in [6.07, 6.45) is 3.46. The van der Waals surface area contributed by atoms with Gasteiger partial charge in [-0.25, -0.2) is 4.98 Å². The van der Waals surface area contributed by atoms with Gasteiger partial charge in [0, 0.05) is 29.4 Å². The number of ether oxygens (including phenoxy) is 1. The molecule has 146 valence electrons. The van der Waals surface area contributed by atoms with Gasteiger partial charge in [-0.2, -0.15) is 0 Å². The first kappa shape index (κ1) is 19.7. The molecule has 0 saturated carbocycles. The number of nitrogens with zero attached hydrogens (tertiary/aromatic N) is 5. The van der Waals surface area contributed by atoms with Gasteiger partial charge in [-0.1, -0.05) is 35.0 Å². The molecule has 3 aromatic heterocycles. The second-order valence-corrected chi connectivity index (χ2v) is 7.70. The highest BCUT2D eigenvalue weighted by molar-refractivity contribution is 7.98. The quantitative estimate of drug-likeness (QED) is 0.296. The molecule has 0 aliphatic carbocycles. The van der Waals surface area contributed by atoms with Crippen LogP contribution in [0.15, 0.2) is 66.1 Å². The molecule has 0 aliphatic heterocycles. The summed E-state index contributed by atoms with van der Waals surface area (Å²) in [6, 6.07) is 15.1. The molecule has 4 aromatic rings. The number of benzene rings is 1. The molecule has 0 fully saturated rings. The summed E-state index contributed by atoms with van der Waals surface area (Å²) in [6.45, 7) is 0. The van der Waals surface area contributed by atoms with Gasteiger partial charge in [0.1, 0.15) is 16.1 Å². The van der Waals surface area contributed by atoms with E-state index in [4.69, 9.17) is 27.9 Å². The fraction of sp³-hybridized carbons (Fsp3) is 0.100. The Bertz CT molecular complexity index is 1100. The van der Waals surface area contributed by atoms with Crippen molar-refractivity contribution in [3.8, 4) is 22.8 Å². The van der Waals surface area contributed by atoms with E-state index in [-0.39, 0.29) is 0 Å². The highest BCUT2D eigenvalue weighted by atomic mass is 35.5. The lowest BCUT2D eigenvalue weighted by Crippen LogP contribution is -2.00. The lowest BCUT2D eigenvalue weighted by Gasteiger charge is -2.11. The number of halogens is 2. The lowest BCUT2D eigenvalue weighted by atomic mass is 10.2. The van der Waals surface area contributed by atoms with Crippen LogP contribution in [0.4, 0.5) is 0 Å². The number of pyridine rings is 2. The highest BCUT2D eigenvalue weighted by Gasteiger charge is 2.16. The monoisotopic (exact) mass is 443 g/mol. The molecular formula is C20H15Cl2N5OS. The van der Waals surface area contributed by atoms with E-state index in [0.29, 0.717) is 16.1 Å². The molecule has 0 unspecified atom stereocenters. The molecule has 6 nitrogen and oxygen atoms in total. The van der Waals surface area contributed by atoms with Crippen molar-refractivity contribution < 1.29 is 4.74 Å². The second-order valence-electron chi connectivity index (χ2n) is 5.99. The Kier molecular flexibility index (Phi) is 5.99. The standard InChI is InChI=1S/C20H15Cl2N5OS/c1-28-16-4-2-15(3-5-16)27-19(14-6-8-23-9-7-14)25-26-20(27)29-12-13-10-17(21)24-18(22)11-13/h2-11H,12H2,1H3. The molecule has 0 saturated heterocycles. The van der Waals surface area contributed by atoms with Gasteiger partial charge in [-0.3, -0.25) is 9.55 Å². The van der Waals surface area contributed by atoms with Crippen LogP contribution >= 0.6 is 35.0 Å². The number of aromatic nitrogens is 5. The fourth-order valence-corrected chi connectivity index (χ4v) is 4.15. The number of hydrogen-bond acceptors (Lipinski definition) is 6. The zero-order chi connectivity index (χ0) is 20.2. The van der Waals surface area contributed by atoms with Gasteiger partial charge in [-0.05, 0) is 54.1 Å². The van der Waals surface area contributed by atoms with E-state index < -0.39 is 0 Å². The molecule has 0 radical (unpaired) electrons. The first-order valence-corrected chi connectivity index (χ1v) is 10.3. The van der Waals surface area contributed by atoms with E-state index in [1.54, 1.807) is 31.6 Å². The zero-order valence-electron chi connectivity index (χ0n) is 15.3. The molecule has 4 rings (SSSR count). The Balaban J connectivity index is 1.72. The van der Waals surface area contributed by atoms with Crippen LogP contribution in [0.5, 0.6) is 5.75 Å². The third kappa shape index (κ3) is 4.53. The van der Waals surface area contributed by atoms with Crippen molar-refractivity contribution >= 4 is 35.0 Å². The van der Waals surface area contributed by atoms with Gasteiger partial charge >= 0.3 is 0 Å². The summed E-state index contributed by atoms with van der Waals surface area (Å²) in [7, 11) is 1.64. The Labute approximate surface area is 181 Å². The smallest absolute Gasteiger partial charge is 0.196 e. The van der Waals surface area contributed by atoms with Crippen molar-refractivity contribution in [1.82, 2.24) is 24.7 Å². The van der Waals surface area contributed by atoms with E-state index in [0.717, 1.165) is 33.5 Å². The molecule has 0 aliphatic rings. The van der Waals surface area contributed by atoms with Crippen molar-refractivity contribution in [2.24, 2.45) is 0 Å². The molecule has 29 heavy (non-hydrogen) atoms. The van der Waals surface area contributed by atoms with Crippen molar-refractivity contribution in [2.75, 3.05) is 7.11 Å². The predicted molar refractivity (Wildman–Crippen MR) is 115 cm³/mol. The minimum atomic E-state index is 0.363. The summed E-state index contributed by atoms with van der Waals surface area (Å²) in [5.41, 5.74) is 2.80. The molecule has 0 spiro atoms.